The van der Waals surface area contributed by atoms with Crippen LogP contribution >= 0.6 is 0 Å². The van der Waals surface area contributed by atoms with Gasteiger partial charge in [-0.2, -0.15) is 0 Å². The first-order chi connectivity index (χ1) is 9.90. The van der Waals surface area contributed by atoms with E-state index in [1.807, 2.05) is 13.0 Å². The number of hydrogen-bond donors (Lipinski definition) is 0. The van der Waals surface area contributed by atoms with Crippen LogP contribution in [0.2, 0.25) is 0 Å². The standard InChI is InChI=1S/C18H29NO2/c1-7-16(5)19(8-9-21-6)12-18(20)17-11-14(3)13(2)10-15(17)4/h10-11,16H,7-9,12H2,1-6H3. The van der Waals surface area contributed by atoms with E-state index in [1.54, 1.807) is 7.11 Å². The molecule has 0 saturated carbocycles. The van der Waals surface area contributed by atoms with Crippen LogP contribution in [0.5, 0.6) is 0 Å². The van der Waals surface area contributed by atoms with Gasteiger partial charge in [-0.3, -0.25) is 9.69 Å². The van der Waals surface area contributed by atoms with Crippen LogP contribution < -0.4 is 0 Å². The highest BCUT2D eigenvalue weighted by Gasteiger charge is 2.18. The first-order valence-electron chi connectivity index (χ1n) is 7.74. The molecule has 0 radical (unpaired) electrons. The smallest absolute Gasteiger partial charge is 0.177 e. The van der Waals surface area contributed by atoms with Gasteiger partial charge in [0.1, 0.15) is 0 Å². The number of hydrogen-bond acceptors (Lipinski definition) is 3. The number of aryl methyl sites for hydroxylation is 3. The largest absolute Gasteiger partial charge is 0.383 e. The quantitative estimate of drug-likeness (QED) is 0.686. The summed E-state index contributed by atoms with van der Waals surface area (Å²) in [6, 6.07) is 4.51. The number of Topliss-reactive ketones (excluding diaryl/α,β-unsaturated/α-hetero) is 1. The van der Waals surface area contributed by atoms with Gasteiger partial charge in [-0.25, -0.2) is 0 Å². The molecule has 0 saturated heterocycles. The second kappa shape index (κ2) is 8.30. The van der Waals surface area contributed by atoms with Crippen LogP contribution in [-0.2, 0) is 4.74 Å². The number of ketones is 1. The molecule has 0 spiro atoms. The van der Waals surface area contributed by atoms with Crippen molar-refractivity contribution in [3.05, 3.63) is 34.4 Å². The number of benzene rings is 1. The number of methoxy groups -OCH3 is 1. The van der Waals surface area contributed by atoms with Crippen molar-refractivity contribution in [3.8, 4) is 0 Å². The minimum atomic E-state index is 0.201. The molecule has 0 bridgehead atoms. The first-order valence-corrected chi connectivity index (χ1v) is 7.74. The lowest BCUT2D eigenvalue weighted by Gasteiger charge is -2.27. The normalized spacial score (nSPS) is 12.7. The Kier molecular flexibility index (Phi) is 7.06. The van der Waals surface area contributed by atoms with Crippen LogP contribution in [0.4, 0.5) is 0 Å². The third-order valence-corrected chi connectivity index (χ3v) is 4.28. The number of ether oxygens (including phenoxy) is 1. The van der Waals surface area contributed by atoms with Crippen molar-refractivity contribution < 1.29 is 9.53 Å². The van der Waals surface area contributed by atoms with Gasteiger partial charge in [0.05, 0.1) is 13.2 Å². The highest BCUT2D eigenvalue weighted by atomic mass is 16.5. The van der Waals surface area contributed by atoms with Crippen molar-refractivity contribution in [1.29, 1.82) is 0 Å². The first kappa shape index (κ1) is 17.9. The minimum Gasteiger partial charge on any atom is -0.383 e. The average molecular weight is 291 g/mol. The zero-order valence-electron chi connectivity index (χ0n) is 14.3. The van der Waals surface area contributed by atoms with Crippen LogP contribution in [0.3, 0.4) is 0 Å². The predicted molar refractivity (Wildman–Crippen MR) is 88.2 cm³/mol. The molecule has 3 heteroatoms. The third-order valence-electron chi connectivity index (χ3n) is 4.28. The Balaban J connectivity index is 2.88. The maximum absolute atomic E-state index is 12.6. The number of carbonyl (C=O) groups excluding carboxylic acids is 1. The van der Waals surface area contributed by atoms with Crippen LogP contribution in [0.25, 0.3) is 0 Å². The predicted octanol–water partition coefficient (Wildman–Crippen LogP) is 3.54. The Morgan fingerprint density at radius 2 is 1.81 bits per heavy atom. The molecular formula is C18H29NO2. The van der Waals surface area contributed by atoms with E-state index in [0.29, 0.717) is 19.2 Å². The lowest BCUT2D eigenvalue weighted by Crippen LogP contribution is -2.39. The van der Waals surface area contributed by atoms with E-state index < -0.39 is 0 Å². The van der Waals surface area contributed by atoms with Crippen LogP contribution in [0.15, 0.2) is 12.1 Å². The van der Waals surface area contributed by atoms with E-state index in [9.17, 15) is 4.79 Å². The van der Waals surface area contributed by atoms with Gasteiger partial charge in [0.15, 0.2) is 5.78 Å². The molecule has 0 aliphatic carbocycles. The molecule has 0 aliphatic heterocycles. The topological polar surface area (TPSA) is 29.5 Å². The summed E-state index contributed by atoms with van der Waals surface area (Å²) in [5.41, 5.74) is 4.33. The summed E-state index contributed by atoms with van der Waals surface area (Å²) in [6.45, 7) is 12.4. The average Bonchev–Trinajstić information content (AvgIpc) is 2.46. The molecule has 1 unspecified atom stereocenters. The molecule has 0 heterocycles. The molecule has 0 aromatic heterocycles. The maximum atomic E-state index is 12.6. The Morgan fingerprint density at radius 3 is 2.38 bits per heavy atom. The molecule has 1 aromatic carbocycles. The van der Waals surface area contributed by atoms with Crippen LogP contribution in [0.1, 0.15) is 47.3 Å². The summed E-state index contributed by atoms with van der Waals surface area (Å²) in [5.74, 6) is 0.201. The van der Waals surface area contributed by atoms with Crippen molar-refractivity contribution in [2.24, 2.45) is 0 Å². The highest BCUT2D eigenvalue weighted by Crippen LogP contribution is 2.17. The molecule has 0 amide bonds. The van der Waals surface area contributed by atoms with E-state index in [1.165, 1.54) is 11.1 Å². The van der Waals surface area contributed by atoms with E-state index in [-0.39, 0.29) is 5.78 Å². The molecule has 3 nitrogen and oxygen atoms in total. The van der Waals surface area contributed by atoms with E-state index in [0.717, 1.165) is 24.1 Å². The van der Waals surface area contributed by atoms with Gasteiger partial charge in [-0.1, -0.05) is 13.0 Å². The highest BCUT2D eigenvalue weighted by molar-refractivity contribution is 5.99. The number of nitrogens with zero attached hydrogens (tertiary/aromatic N) is 1. The summed E-state index contributed by atoms with van der Waals surface area (Å²) in [5, 5.41) is 0. The van der Waals surface area contributed by atoms with Crippen molar-refractivity contribution in [3.63, 3.8) is 0 Å². The van der Waals surface area contributed by atoms with Gasteiger partial charge in [0.2, 0.25) is 0 Å². The Bertz CT molecular complexity index is 482. The zero-order valence-corrected chi connectivity index (χ0v) is 14.3. The van der Waals surface area contributed by atoms with Crippen LogP contribution in [-0.4, -0.2) is 43.5 Å². The SMILES string of the molecule is CCC(C)N(CCOC)CC(=O)c1cc(C)c(C)cc1C. The molecule has 21 heavy (non-hydrogen) atoms. The van der Waals surface area contributed by atoms with E-state index in [4.69, 9.17) is 4.74 Å². The molecule has 0 N–H and O–H groups in total. The van der Waals surface area contributed by atoms with Crippen molar-refractivity contribution in [2.45, 2.75) is 47.1 Å². The van der Waals surface area contributed by atoms with Crippen molar-refractivity contribution in [1.82, 2.24) is 4.90 Å². The van der Waals surface area contributed by atoms with Crippen LogP contribution in [0, 0.1) is 20.8 Å². The molecule has 1 aromatic rings. The fourth-order valence-electron chi connectivity index (χ4n) is 2.45. The van der Waals surface area contributed by atoms with E-state index >= 15 is 0 Å². The summed E-state index contributed by atoms with van der Waals surface area (Å²) in [7, 11) is 1.70. The molecule has 0 aliphatic rings. The van der Waals surface area contributed by atoms with Gasteiger partial charge in [0.25, 0.3) is 0 Å². The lowest BCUT2D eigenvalue weighted by atomic mass is 9.97. The molecule has 0 fully saturated rings. The van der Waals surface area contributed by atoms with Gasteiger partial charge in [-0.05, 0) is 56.9 Å². The molecule has 1 atom stereocenters. The Morgan fingerprint density at radius 1 is 1.19 bits per heavy atom. The number of carbonyl (C=O) groups is 1. The second-order valence-electron chi connectivity index (χ2n) is 5.90. The number of rotatable bonds is 8. The third kappa shape index (κ3) is 4.94. The van der Waals surface area contributed by atoms with Crippen molar-refractivity contribution in [2.75, 3.05) is 26.8 Å². The fourth-order valence-corrected chi connectivity index (χ4v) is 2.45. The van der Waals surface area contributed by atoms with Gasteiger partial charge in [-0.15, -0.1) is 0 Å². The summed E-state index contributed by atoms with van der Waals surface area (Å²) < 4.78 is 5.16. The monoisotopic (exact) mass is 291 g/mol. The summed E-state index contributed by atoms with van der Waals surface area (Å²) >= 11 is 0. The van der Waals surface area contributed by atoms with Gasteiger partial charge < -0.3 is 4.74 Å². The summed E-state index contributed by atoms with van der Waals surface area (Å²) in [4.78, 5) is 14.8. The fraction of sp³-hybridized carbons (Fsp3) is 0.611. The van der Waals surface area contributed by atoms with Gasteiger partial charge in [0, 0.05) is 25.3 Å². The molecular weight excluding hydrogens is 262 g/mol. The second-order valence-corrected chi connectivity index (χ2v) is 5.90. The van der Waals surface area contributed by atoms with E-state index in [2.05, 4.69) is 38.7 Å². The summed E-state index contributed by atoms with van der Waals surface area (Å²) in [6.07, 6.45) is 1.03. The molecule has 118 valence electrons. The Labute approximate surface area is 129 Å². The minimum absolute atomic E-state index is 0.201. The molecule has 1 rings (SSSR count). The Hall–Kier alpha value is -1.19. The zero-order chi connectivity index (χ0) is 16.0. The maximum Gasteiger partial charge on any atom is 0.177 e. The van der Waals surface area contributed by atoms with Gasteiger partial charge >= 0.3 is 0 Å². The lowest BCUT2D eigenvalue weighted by molar-refractivity contribution is 0.0833. The van der Waals surface area contributed by atoms with Crippen molar-refractivity contribution >= 4 is 5.78 Å².